The largest absolute Gasteiger partial charge is 0.492 e. The Morgan fingerprint density at radius 2 is 2.40 bits per heavy atom. The summed E-state index contributed by atoms with van der Waals surface area (Å²) in [5.41, 5.74) is 1.55. The second-order valence-corrected chi connectivity index (χ2v) is 3.34. The fraction of sp³-hybridized carbons (Fsp3) is 0.364. The van der Waals surface area contributed by atoms with E-state index in [0.717, 1.165) is 24.4 Å². The summed E-state index contributed by atoms with van der Waals surface area (Å²) < 4.78 is 10.2. The summed E-state index contributed by atoms with van der Waals surface area (Å²) in [6.45, 7) is 2.20. The third kappa shape index (κ3) is 2.10. The number of fused-ring (bicyclic) bond motifs is 1. The summed E-state index contributed by atoms with van der Waals surface area (Å²) in [7, 11) is 1.38. The van der Waals surface area contributed by atoms with Crippen LogP contribution in [-0.2, 0) is 11.3 Å². The van der Waals surface area contributed by atoms with E-state index in [9.17, 15) is 4.79 Å². The number of hydrogen-bond acceptors (Lipinski definition) is 4. The maximum atomic E-state index is 11.3. The number of benzene rings is 1. The van der Waals surface area contributed by atoms with Crippen molar-refractivity contribution in [3.8, 4) is 5.75 Å². The first-order valence-corrected chi connectivity index (χ1v) is 4.86. The lowest BCUT2D eigenvalue weighted by Crippen LogP contribution is -2.16. The van der Waals surface area contributed by atoms with Gasteiger partial charge in [0.2, 0.25) is 0 Å². The predicted molar refractivity (Wildman–Crippen MR) is 55.0 cm³/mol. The van der Waals surface area contributed by atoms with Crippen LogP contribution >= 0.6 is 0 Å². The molecule has 1 aromatic rings. The zero-order valence-corrected chi connectivity index (χ0v) is 8.58. The fourth-order valence-electron chi connectivity index (χ4n) is 1.56. The highest BCUT2D eigenvalue weighted by Crippen LogP contribution is 2.21. The molecule has 1 N–H and O–H groups in total. The van der Waals surface area contributed by atoms with E-state index in [1.54, 1.807) is 12.1 Å². The highest BCUT2D eigenvalue weighted by atomic mass is 16.5. The van der Waals surface area contributed by atoms with Crippen molar-refractivity contribution in [2.45, 2.75) is 6.54 Å². The van der Waals surface area contributed by atoms with Crippen LogP contribution in [0.4, 0.5) is 0 Å². The summed E-state index contributed by atoms with van der Waals surface area (Å²) >= 11 is 0. The van der Waals surface area contributed by atoms with E-state index in [2.05, 4.69) is 10.1 Å². The van der Waals surface area contributed by atoms with Crippen LogP contribution in [0, 0.1) is 0 Å². The van der Waals surface area contributed by atoms with Gasteiger partial charge in [-0.25, -0.2) is 4.79 Å². The van der Waals surface area contributed by atoms with Crippen LogP contribution < -0.4 is 10.1 Å². The molecule has 1 heterocycles. The van der Waals surface area contributed by atoms with Crippen molar-refractivity contribution in [3.05, 3.63) is 29.3 Å². The Bertz CT molecular complexity index is 376. The van der Waals surface area contributed by atoms with Gasteiger partial charge in [0.1, 0.15) is 12.4 Å². The molecule has 0 bridgehead atoms. The lowest BCUT2D eigenvalue weighted by molar-refractivity contribution is 0.0600. The van der Waals surface area contributed by atoms with Crippen LogP contribution in [0.1, 0.15) is 15.9 Å². The molecular formula is C11H13NO3. The average Bonchev–Trinajstić information content (AvgIpc) is 2.51. The number of methoxy groups -OCH3 is 1. The predicted octanol–water partition coefficient (Wildman–Crippen LogP) is 0.955. The normalized spacial score (nSPS) is 14.7. The molecular weight excluding hydrogens is 194 g/mol. The van der Waals surface area contributed by atoms with Crippen molar-refractivity contribution in [1.82, 2.24) is 5.32 Å². The molecule has 15 heavy (non-hydrogen) atoms. The Labute approximate surface area is 88.2 Å². The number of rotatable bonds is 1. The molecule has 0 unspecified atom stereocenters. The molecule has 1 aliphatic heterocycles. The molecule has 4 nitrogen and oxygen atoms in total. The quantitative estimate of drug-likeness (QED) is 0.697. The van der Waals surface area contributed by atoms with Gasteiger partial charge in [-0.15, -0.1) is 0 Å². The van der Waals surface area contributed by atoms with Crippen molar-refractivity contribution in [2.75, 3.05) is 20.3 Å². The highest BCUT2D eigenvalue weighted by molar-refractivity contribution is 5.89. The molecule has 1 aromatic carbocycles. The van der Waals surface area contributed by atoms with Gasteiger partial charge in [0.05, 0.1) is 12.7 Å². The van der Waals surface area contributed by atoms with Crippen molar-refractivity contribution >= 4 is 5.97 Å². The van der Waals surface area contributed by atoms with Crippen LogP contribution in [0.15, 0.2) is 18.2 Å². The second-order valence-electron chi connectivity index (χ2n) is 3.34. The standard InChI is InChI=1S/C11H13NO3/c1-14-11(13)8-2-3-10-9(6-8)7-12-4-5-15-10/h2-3,6,12H,4-5,7H2,1H3. The average molecular weight is 207 g/mol. The van der Waals surface area contributed by atoms with E-state index in [1.165, 1.54) is 7.11 Å². The van der Waals surface area contributed by atoms with Gasteiger partial charge in [-0.3, -0.25) is 0 Å². The monoisotopic (exact) mass is 207 g/mol. The molecule has 0 radical (unpaired) electrons. The molecule has 0 amide bonds. The summed E-state index contributed by atoms with van der Waals surface area (Å²) in [6.07, 6.45) is 0. The Hall–Kier alpha value is -1.55. The minimum Gasteiger partial charge on any atom is -0.492 e. The zero-order valence-electron chi connectivity index (χ0n) is 8.58. The highest BCUT2D eigenvalue weighted by Gasteiger charge is 2.12. The maximum Gasteiger partial charge on any atom is 0.337 e. The van der Waals surface area contributed by atoms with Crippen molar-refractivity contribution in [2.24, 2.45) is 0 Å². The van der Waals surface area contributed by atoms with Crippen LogP contribution in [-0.4, -0.2) is 26.2 Å². The van der Waals surface area contributed by atoms with Gasteiger partial charge in [-0.05, 0) is 18.2 Å². The minimum atomic E-state index is -0.318. The molecule has 0 saturated heterocycles. The number of ether oxygens (including phenoxy) is 2. The number of nitrogens with one attached hydrogen (secondary N) is 1. The molecule has 4 heteroatoms. The molecule has 0 atom stereocenters. The summed E-state index contributed by atoms with van der Waals surface area (Å²) in [4.78, 5) is 11.3. The van der Waals surface area contributed by atoms with Gasteiger partial charge in [0, 0.05) is 18.7 Å². The van der Waals surface area contributed by atoms with Crippen LogP contribution in [0.2, 0.25) is 0 Å². The van der Waals surface area contributed by atoms with Crippen LogP contribution in [0.3, 0.4) is 0 Å². The van der Waals surface area contributed by atoms with E-state index in [1.807, 2.05) is 6.07 Å². The molecule has 0 spiro atoms. The van der Waals surface area contributed by atoms with E-state index in [4.69, 9.17) is 4.74 Å². The Kier molecular flexibility index (Phi) is 2.87. The van der Waals surface area contributed by atoms with Crippen molar-refractivity contribution in [1.29, 1.82) is 0 Å². The van der Waals surface area contributed by atoms with E-state index in [0.29, 0.717) is 12.2 Å². The summed E-state index contributed by atoms with van der Waals surface area (Å²) in [6, 6.07) is 5.34. The summed E-state index contributed by atoms with van der Waals surface area (Å²) in [5, 5.41) is 3.21. The van der Waals surface area contributed by atoms with Crippen LogP contribution in [0.25, 0.3) is 0 Å². The molecule has 0 aromatic heterocycles. The number of esters is 1. The fourth-order valence-corrected chi connectivity index (χ4v) is 1.56. The Morgan fingerprint density at radius 1 is 1.53 bits per heavy atom. The van der Waals surface area contributed by atoms with Gasteiger partial charge >= 0.3 is 5.97 Å². The van der Waals surface area contributed by atoms with E-state index >= 15 is 0 Å². The first-order valence-electron chi connectivity index (χ1n) is 4.86. The number of carbonyl (C=O) groups excluding carboxylic acids is 1. The third-order valence-electron chi connectivity index (χ3n) is 2.33. The van der Waals surface area contributed by atoms with E-state index in [-0.39, 0.29) is 5.97 Å². The number of carbonyl (C=O) groups is 1. The molecule has 1 aliphatic rings. The Morgan fingerprint density at radius 3 is 3.20 bits per heavy atom. The van der Waals surface area contributed by atoms with Gasteiger partial charge in [-0.2, -0.15) is 0 Å². The minimum absolute atomic E-state index is 0.318. The van der Waals surface area contributed by atoms with Gasteiger partial charge in [-0.1, -0.05) is 0 Å². The molecule has 0 fully saturated rings. The van der Waals surface area contributed by atoms with Crippen LogP contribution in [0.5, 0.6) is 5.75 Å². The lowest BCUT2D eigenvalue weighted by atomic mass is 10.1. The molecule has 0 aliphatic carbocycles. The topological polar surface area (TPSA) is 47.6 Å². The molecule has 0 saturated carbocycles. The molecule has 80 valence electrons. The van der Waals surface area contributed by atoms with Crippen molar-refractivity contribution in [3.63, 3.8) is 0 Å². The van der Waals surface area contributed by atoms with Gasteiger partial charge < -0.3 is 14.8 Å². The first-order chi connectivity index (χ1) is 7.31. The number of hydrogen-bond donors (Lipinski definition) is 1. The van der Waals surface area contributed by atoms with Crippen molar-refractivity contribution < 1.29 is 14.3 Å². The van der Waals surface area contributed by atoms with Gasteiger partial charge in [0.25, 0.3) is 0 Å². The molecule has 2 rings (SSSR count). The second kappa shape index (κ2) is 4.31. The zero-order chi connectivity index (χ0) is 10.7. The Balaban J connectivity index is 2.31. The van der Waals surface area contributed by atoms with Gasteiger partial charge in [0.15, 0.2) is 0 Å². The third-order valence-corrected chi connectivity index (χ3v) is 2.33. The maximum absolute atomic E-state index is 11.3. The first kappa shape index (κ1) is 9.98. The smallest absolute Gasteiger partial charge is 0.337 e. The summed E-state index contributed by atoms with van der Waals surface area (Å²) in [5.74, 6) is 0.523. The SMILES string of the molecule is COC(=O)c1ccc2c(c1)CNCCO2. The lowest BCUT2D eigenvalue weighted by Gasteiger charge is -2.07. The van der Waals surface area contributed by atoms with E-state index < -0.39 is 0 Å².